The van der Waals surface area contributed by atoms with Crippen LogP contribution in [0.15, 0.2) is 24.3 Å². The second-order valence-corrected chi connectivity index (χ2v) is 5.83. The Labute approximate surface area is 162 Å². The number of aromatic nitrogens is 3. The minimum absolute atomic E-state index is 0.160. The van der Waals surface area contributed by atoms with Crippen LogP contribution in [0.1, 0.15) is 28.2 Å². The second kappa shape index (κ2) is 9.03. The molecule has 13 heteroatoms. The molecular weight excluding hydrogens is 395 g/mol. The van der Waals surface area contributed by atoms with Crippen molar-refractivity contribution in [3.63, 3.8) is 0 Å². The van der Waals surface area contributed by atoms with E-state index >= 15 is 0 Å². The Hall–Kier alpha value is -2.96. The summed E-state index contributed by atoms with van der Waals surface area (Å²) in [5.41, 5.74) is 5.64. The Morgan fingerprint density at radius 3 is 2.66 bits per heavy atom. The summed E-state index contributed by atoms with van der Waals surface area (Å²) in [5.74, 6) is 3.13. The van der Waals surface area contributed by atoms with Crippen LogP contribution < -0.4 is 5.73 Å². The third-order valence-electron chi connectivity index (χ3n) is 4.00. The van der Waals surface area contributed by atoms with Crippen LogP contribution in [0.25, 0.3) is 0 Å². The molecule has 29 heavy (non-hydrogen) atoms. The van der Waals surface area contributed by atoms with Crippen molar-refractivity contribution >= 4 is 5.91 Å². The van der Waals surface area contributed by atoms with Crippen molar-refractivity contribution < 1.29 is 44.4 Å². The minimum Gasteiger partial charge on any atom is -0.363 e. The van der Waals surface area contributed by atoms with Crippen molar-refractivity contribution in [2.24, 2.45) is 5.73 Å². The van der Waals surface area contributed by atoms with Crippen LogP contribution in [0.2, 0.25) is 0 Å². The second-order valence-electron chi connectivity index (χ2n) is 5.83. The van der Waals surface area contributed by atoms with Gasteiger partial charge in [0.1, 0.15) is 18.5 Å². The van der Waals surface area contributed by atoms with Crippen molar-refractivity contribution in [1.29, 1.82) is 0 Å². The lowest BCUT2D eigenvalue weighted by Crippen LogP contribution is -2.37. The first kappa shape index (κ1) is 20.8. The molecule has 0 aliphatic carbocycles. The molecule has 1 aromatic carbocycles. The maximum atomic E-state index is 13.2. The maximum Gasteiger partial charge on any atom is 0.286 e. The number of nitrogens with zero attached hydrogens (tertiary/aromatic N) is 3. The van der Waals surface area contributed by atoms with E-state index in [1.54, 1.807) is 6.07 Å². The van der Waals surface area contributed by atoms with Crippen LogP contribution >= 0.6 is 0 Å². The zero-order chi connectivity index (χ0) is 21.0. The molecule has 2 aromatic rings. The number of hydrogen-bond donors (Lipinski definition) is 4. The number of rotatable bonds is 6. The summed E-state index contributed by atoms with van der Waals surface area (Å²) < 4.78 is 19.6. The van der Waals surface area contributed by atoms with E-state index in [1.165, 1.54) is 18.2 Å². The highest BCUT2D eigenvalue weighted by Gasteiger charge is 2.50. The highest BCUT2D eigenvalue weighted by molar-refractivity contribution is 5.89. The highest BCUT2D eigenvalue weighted by Crippen LogP contribution is 2.33. The van der Waals surface area contributed by atoms with Crippen LogP contribution in [-0.2, 0) is 19.4 Å². The molecule has 0 radical (unpaired) electrons. The van der Waals surface area contributed by atoms with Gasteiger partial charge in [-0.05, 0) is 24.1 Å². The lowest BCUT2D eigenvalue weighted by atomic mass is 10.1. The van der Waals surface area contributed by atoms with Gasteiger partial charge in [-0.15, -0.1) is 5.10 Å². The van der Waals surface area contributed by atoms with Gasteiger partial charge in [0, 0.05) is 5.56 Å². The molecule has 0 saturated carbocycles. The van der Waals surface area contributed by atoms with Crippen LogP contribution in [0.4, 0.5) is 4.39 Å². The molecule has 1 fully saturated rings. The van der Waals surface area contributed by atoms with Gasteiger partial charge in [-0.3, -0.25) is 20.6 Å². The predicted octanol–water partition coefficient (Wildman–Crippen LogP) is 0.0193. The number of benzene rings is 1. The number of ether oxygens (including phenoxy) is 1. The van der Waals surface area contributed by atoms with E-state index in [2.05, 4.69) is 36.6 Å². The van der Waals surface area contributed by atoms with Gasteiger partial charge in [0.05, 0.1) is 0 Å². The van der Waals surface area contributed by atoms with E-state index in [9.17, 15) is 14.4 Å². The molecule has 1 saturated heterocycles. The standard InChI is InChI=1S/C16H15FN4O8/c17-9-3-1-2-8(6-9)4-5-11-19-15(14(18)22)21(20-11)16-13(29-25)12(28-24)10(27-16)7-26-23/h1-3,6,10,12-13,16,23-25H,7H2,(H2,18,22)/t10-,12-,13-,16-/m1/s1. The Bertz CT molecular complexity index is 942. The molecule has 0 spiro atoms. The normalized spacial score (nSPS) is 23.6. The lowest BCUT2D eigenvalue weighted by molar-refractivity contribution is -0.357. The molecule has 1 aromatic heterocycles. The van der Waals surface area contributed by atoms with Crippen LogP contribution in [0.3, 0.4) is 0 Å². The fraction of sp³-hybridized carbons (Fsp3) is 0.312. The number of carbonyl (C=O) groups excluding carboxylic acids is 1. The number of hydrogen-bond acceptors (Lipinski definition) is 10. The third kappa shape index (κ3) is 4.39. The summed E-state index contributed by atoms with van der Waals surface area (Å²) in [7, 11) is 0. The predicted molar refractivity (Wildman–Crippen MR) is 88.4 cm³/mol. The molecule has 1 amide bonds. The Kier molecular flexibility index (Phi) is 6.46. The average molecular weight is 410 g/mol. The zero-order valence-corrected chi connectivity index (χ0v) is 14.5. The number of carbonyl (C=O) groups is 1. The fourth-order valence-electron chi connectivity index (χ4n) is 2.77. The van der Waals surface area contributed by atoms with Crippen LogP contribution in [-0.4, -0.2) is 61.4 Å². The molecule has 1 aliphatic heterocycles. The van der Waals surface area contributed by atoms with E-state index in [0.29, 0.717) is 5.56 Å². The maximum absolute atomic E-state index is 13.2. The molecular formula is C16H15FN4O8. The van der Waals surface area contributed by atoms with E-state index in [0.717, 1.165) is 4.68 Å². The number of primary amides is 1. The molecule has 0 unspecified atom stereocenters. The van der Waals surface area contributed by atoms with Crippen molar-refractivity contribution in [3.05, 3.63) is 47.3 Å². The van der Waals surface area contributed by atoms with E-state index in [4.69, 9.17) is 21.0 Å². The van der Waals surface area contributed by atoms with Crippen molar-refractivity contribution in [1.82, 2.24) is 14.8 Å². The zero-order valence-electron chi connectivity index (χ0n) is 14.5. The van der Waals surface area contributed by atoms with E-state index < -0.39 is 48.7 Å². The molecule has 2 heterocycles. The van der Waals surface area contributed by atoms with Gasteiger partial charge in [-0.1, -0.05) is 12.0 Å². The summed E-state index contributed by atoms with van der Waals surface area (Å²) in [6.07, 6.45) is -5.18. The van der Waals surface area contributed by atoms with Gasteiger partial charge in [-0.2, -0.15) is 4.98 Å². The average Bonchev–Trinajstić information content (AvgIpc) is 3.27. The van der Waals surface area contributed by atoms with Crippen molar-refractivity contribution in [3.8, 4) is 11.8 Å². The van der Waals surface area contributed by atoms with Crippen LogP contribution in [0, 0.1) is 17.7 Å². The summed E-state index contributed by atoms with van der Waals surface area (Å²) in [6.45, 7) is -0.464. The van der Waals surface area contributed by atoms with Gasteiger partial charge in [0.15, 0.2) is 18.4 Å². The highest BCUT2D eigenvalue weighted by atomic mass is 19.1. The summed E-state index contributed by atoms with van der Waals surface area (Å²) in [5, 5.41) is 30.9. The quantitative estimate of drug-likeness (QED) is 0.289. The fourth-order valence-corrected chi connectivity index (χ4v) is 2.77. The van der Waals surface area contributed by atoms with Crippen molar-refractivity contribution in [2.45, 2.75) is 24.5 Å². The Morgan fingerprint density at radius 1 is 1.28 bits per heavy atom. The molecule has 3 rings (SSSR count). The van der Waals surface area contributed by atoms with Gasteiger partial charge < -0.3 is 10.5 Å². The first-order chi connectivity index (χ1) is 14.0. The molecule has 5 N–H and O–H groups in total. The SMILES string of the molecule is NC(=O)c1nc(C#Cc2cccc(F)c2)nn1[C@@H]1O[C@H](COO)[C@@H](OO)[C@H]1OO. The van der Waals surface area contributed by atoms with Crippen LogP contribution in [0.5, 0.6) is 0 Å². The molecule has 154 valence electrons. The van der Waals surface area contributed by atoms with Gasteiger partial charge in [0.2, 0.25) is 11.6 Å². The van der Waals surface area contributed by atoms with Gasteiger partial charge in [-0.25, -0.2) is 23.7 Å². The summed E-state index contributed by atoms with van der Waals surface area (Å²) in [4.78, 5) is 28.1. The lowest BCUT2D eigenvalue weighted by Gasteiger charge is -2.18. The monoisotopic (exact) mass is 410 g/mol. The third-order valence-corrected chi connectivity index (χ3v) is 4.00. The molecule has 4 atom stereocenters. The number of amides is 1. The molecule has 0 bridgehead atoms. The van der Waals surface area contributed by atoms with Gasteiger partial charge >= 0.3 is 0 Å². The molecule has 1 aliphatic rings. The minimum atomic E-state index is -1.40. The number of nitrogens with two attached hydrogens (primary N) is 1. The summed E-state index contributed by atoms with van der Waals surface area (Å²) in [6, 6.07) is 5.47. The Balaban J connectivity index is 1.96. The molecule has 12 nitrogen and oxygen atoms in total. The van der Waals surface area contributed by atoms with E-state index in [1.807, 2.05) is 0 Å². The largest absolute Gasteiger partial charge is 0.363 e. The first-order valence-electron chi connectivity index (χ1n) is 8.04. The van der Waals surface area contributed by atoms with Crippen molar-refractivity contribution in [2.75, 3.05) is 6.61 Å². The van der Waals surface area contributed by atoms with E-state index in [-0.39, 0.29) is 5.82 Å². The Morgan fingerprint density at radius 2 is 2.03 bits per heavy atom. The first-order valence-corrected chi connectivity index (χ1v) is 8.04. The summed E-state index contributed by atoms with van der Waals surface area (Å²) >= 11 is 0. The smallest absolute Gasteiger partial charge is 0.286 e. The van der Waals surface area contributed by atoms with Gasteiger partial charge in [0.25, 0.3) is 5.91 Å². The number of halogens is 1. The topological polar surface area (TPSA) is 171 Å².